The second-order valence-corrected chi connectivity index (χ2v) is 7.19. The SMILES string of the molecule is Cc1cccc(NC(=O)Nc2ccc3nc(C)n(-c4ccccc4)c(=O)c3c2)c1C. The van der Waals surface area contributed by atoms with E-state index in [-0.39, 0.29) is 11.6 Å². The summed E-state index contributed by atoms with van der Waals surface area (Å²) in [5, 5.41) is 6.10. The number of nitrogens with one attached hydrogen (secondary N) is 2. The van der Waals surface area contributed by atoms with Crippen molar-refractivity contribution in [3.05, 3.63) is 94.0 Å². The summed E-state index contributed by atoms with van der Waals surface area (Å²) in [7, 11) is 0. The molecule has 1 heterocycles. The predicted molar refractivity (Wildman–Crippen MR) is 121 cm³/mol. The van der Waals surface area contributed by atoms with Crippen molar-refractivity contribution < 1.29 is 4.79 Å². The minimum Gasteiger partial charge on any atom is -0.308 e. The van der Waals surface area contributed by atoms with Crippen molar-refractivity contribution in [3.63, 3.8) is 0 Å². The topological polar surface area (TPSA) is 76.0 Å². The Hall–Kier alpha value is -3.93. The third kappa shape index (κ3) is 3.67. The smallest absolute Gasteiger partial charge is 0.308 e. The van der Waals surface area contributed by atoms with Crippen molar-refractivity contribution in [1.29, 1.82) is 0 Å². The molecule has 1 aromatic heterocycles. The fraction of sp³-hybridized carbons (Fsp3) is 0.125. The molecule has 0 bridgehead atoms. The molecule has 4 rings (SSSR count). The first kappa shape index (κ1) is 19.4. The molecule has 0 aliphatic heterocycles. The van der Waals surface area contributed by atoms with Crippen LogP contribution < -0.4 is 16.2 Å². The molecule has 2 N–H and O–H groups in total. The number of hydrogen-bond donors (Lipinski definition) is 2. The largest absolute Gasteiger partial charge is 0.323 e. The number of urea groups is 1. The Balaban J connectivity index is 1.67. The van der Waals surface area contributed by atoms with Gasteiger partial charge in [-0.1, -0.05) is 30.3 Å². The van der Waals surface area contributed by atoms with E-state index < -0.39 is 0 Å². The van der Waals surface area contributed by atoms with Gasteiger partial charge < -0.3 is 10.6 Å². The highest BCUT2D eigenvalue weighted by molar-refractivity contribution is 6.01. The van der Waals surface area contributed by atoms with Gasteiger partial charge in [-0.15, -0.1) is 0 Å². The molecule has 0 saturated heterocycles. The van der Waals surface area contributed by atoms with Gasteiger partial charge in [0, 0.05) is 11.4 Å². The van der Waals surface area contributed by atoms with E-state index in [1.807, 2.05) is 62.4 Å². The summed E-state index contributed by atoms with van der Waals surface area (Å²) in [6.07, 6.45) is 0. The molecule has 0 radical (unpaired) electrons. The fourth-order valence-electron chi connectivity index (χ4n) is 3.43. The first-order valence-electron chi connectivity index (χ1n) is 9.67. The predicted octanol–water partition coefficient (Wildman–Crippen LogP) is 4.95. The van der Waals surface area contributed by atoms with Crippen molar-refractivity contribution in [2.45, 2.75) is 20.8 Å². The zero-order valence-corrected chi connectivity index (χ0v) is 17.1. The quantitative estimate of drug-likeness (QED) is 0.512. The van der Waals surface area contributed by atoms with Gasteiger partial charge >= 0.3 is 6.03 Å². The molecule has 4 aromatic rings. The summed E-state index contributed by atoms with van der Waals surface area (Å²) < 4.78 is 1.57. The molecule has 30 heavy (non-hydrogen) atoms. The molecule has 2 amide bonds. The summed E-state index contributed by atoms with van der Waals surface area (Å²) >= 11 is 0. The van der Waals surface area contributed by atoms with Crippen LogP contribution in [-0.4, -0.2) is 15.6 Å². The Morgan fingerprint density at radius 3 is 2.43 bits per heavy atom. The van der Waals surface area contributed by atoms with Gasteiger partial charge in [-0.2, -0.15) is 0 Å². The molecule has 0 aliphatic carbocycles. The highest BCUT2D eigenvalue weighted by Gasteiger charge is 2.12. The van der Waals surface area contributed by atoms with Gasteiger partial charge in [0.1, 0.15) is 5.82 Å². The van der Waals surface area contributed by atoms with Crippen molar-refractivity contribution >= 4 is 28.3 Å². The minimum absolute atomic E-state index is 0.178. The summed E-state index contributed by atoms with van der Waals surface area (Å²) in [5.74, 6) is 0.604. The summed E-state index contributed by atoms with van der Waals surface area (Å²) in [5.41, 5.74) is 4.54. The van der Waals surface area contributed by atoms with Crippen LogP contribution in [0.2, 0.25) is 0 Å². The molecule has 6 heteroatoms. The van der Waals surface area contributed by atoms with Gasteiger partial charge in [0.2, 0.25) is 0 Å². The minimum atomic E-state index is -0.369. The first-order chi connectivity index (χ1) is 14.4. The van der Waals surface area contributed by atoms with E-state index in [4.69, 9.17) is 0 Å². The van der Waals surface area contributed by atoms with Crippen LogP contribution in [-0.2, 0) is 0 Å². The fourth-order valence-corrected chi connectivity index (χ4v) is 3.43. The summed E-state index contributed by atoms with van der Waals surface area (Å²) in [4.78, 5) is 30.2. The number of aromatic nitrogens is 2. The van der Waals surface area contributed by atoms with Crippen LogP contribution in [0.3, 0.4) is 0 Å². The maximum absolute atomic E-state index is 13.2. The number of amides is 2. The molecule has 0 fully saturated rings. The van der Waals surface area contributed by atoms with Gasteiger partial charge in [0.15, 0.2) is 0 Å². The van der Waals surface area contributed by atoms with Crippen molar-refractivity contribution in [2.24, 2.45) is 0 Å². The third-order valence-corrected chi connectivity index (χ3v) is 5.16. The Bertz CT molecular complexity index is 1310. The Morgan fingerprint density at radius 2 is 1.67 bits per heavy atom. The molecular formula is C24H22N4O2. The van der Waals surface area contributed by atoms with Crippen molar-refractivity contribution in [1.82, 2.24) is 9.55 Å². The van der Waals surface area contributed by atoms with E-state index in [1.54, 1.807) is 29.7 Å². The van der Waals surface area contributed by atoms with Crippen molar-refractivity contribution in [2.75, 3.05) is 10.6 Å². The van der Waals surface area contributed by atoms with Crippen LogP contribution in [0.25, 0.3) is 16.6 Å². The zero-order valence-electron chi connectivity index (χ0n) is 17.1. The first-order valence-corrected chi connectivity index (χ1v) is 9.67. The van der Waals surface area contributed by atoms with Crippen LogP contribution in [0.15, 0.2) is 71.5 Å². The maximum Gasteiger partial charge on any atom is 0.323 e. The third-order valence-electron chi connectivity index (χ3n) is 5.16. The molecule has 150 valence electrons. The number of benzene rings is 3. The average Bonchev–Trinajstić information content (AvgIpc) is 2.73. The lowest BCUT2D eigenvalue weighted by Crippen LogP contribution is -2.23. The lowest BCUT2D eigenvalue weighted by Gasteiger charge is -2.13. The van der Waals surface area contributed by atoms with E-state index >= 15 is 0 Å². The van der Waals surface area contributed by atoms with E-state index in [0.717, 1.165) is 22.5 Å². The summed E-state index contributed by atoms with van der Waals surface area (Å²) in [6.45, 7) is 5.76. The second-order valence-electron chi connectivity index (χ2n) is 7.19. The average molecular weight is 398 g/mol. The van der Waals surface area contributed by atoms with Gasteiger partial charge in [-0.05, 0) is 68.3 Å². The Morgan fingerprint density at radius 1 is 0.900 bits per heavy atom. The van der Waals surface area contributed by atoms with Gasteiger partial charge in [-0.3, -0.25) is 9.36 Å². The lowest BCUT2D eigenvalue weighted by molar-refractivity contribution is 0.262. The van der Waals surface area contributed by atoms with E-state index in [2.05, 4.69) is 15.6 Å². The molecular weight excluding hydrogens is 376 g/mol. The molecule has 0 spiro atoms. The van der Waals surface area contributed by atoms with Crippen LogP contribution in [0, 0.1) is 20.8 Å². The molecule has 0 atom stereocenters. The molecule has 0 saturated carbocycles. The molecule has 3 aromatic carbocycles. The van der Waals surface area contributed by atoms with Crippen molar-refractivity contribution in [3.8, 4) is 5.69 Å². The van der Waals surface area contributed by atoms with Crippen LogP contribution in [0.1, 0.15) is 17.0 Å². The number of anilines is 2. The lowest BCUT2D eigenvalue weighted by atomic mass is 10.1. The standard InChI is InChI=1S/C24H22N4O2/c1-15-8-7-11-21(16(15)2)27-24(30)26-18-12-13-22-20(14-18)23(29)28(17(3)25-22)19-9-5-4-6-10-19/h4-14H,1-3H3,(H2,26,27,30). The zero-order chi connectivity index (χ0) is 21.3. The Labute approximate surface area is 174 Å². The highest BCUT2D eigenvalue weighted by Crippen LogP contribution is 2.20. The second kappa shape index (κ2) is 7.83. The van der Waals surface area contributed by atoms with Crippen LogP contribution in [0.4, 0.5) is 16.2 Å². The maximum atomic E-state index is 13.2. The van der Waals surface area contributed by atoms with Gasteiger partial charge in [-0.25, -0.2) is 9.78 Å². The normalized spacial score (nSPS) is 10.8. The Kier molecular flexibility index (Phi) is 5.06. The monoisotopic (exact) mass is 398 g/mol. The number of carbonyl (C=O) groups excluding carboxylic acids is 1. The van der Waals surface area contributed by atoms with Crippen LogP contribution in [0.5, 0.6) is 0 Å². The number of aryl methyl sites for hydroxylation is 2. The van der Waals surface area contributed by atoms with E-state index in [0.29, 0.717) is 22.4 Å². The number of hydrogen-bond acceptors (Lipinski definition) is 3. The molecule has 0 aliphatic rings. The van der Waals surface area contributed by atoms with Crippen LogP contribution >= 0.6 is 0 Å². The number of carbonyl (C=O) groups is 1. The number of para-hydroxylation sites is 1. The van der Waals surface area contributed by atoms with Gasteiger partial charge in [0.25, 0.3) is 5.56 Å². The van der Waals surface area contributed by atoms with E-state index in [9.17, 15) is 9.59 Å². The summed E-state index contributed by atoms with van der Waals surface area (Å²) in [6, 6.07) is 19.9. The van der Waals surface area contributed by atoms with E-state index in [1.165, 1.54) is 0 Å². The highest BCUT2D eigenvalue weighted by atomic mass is 16.2. The number of nitrogens with zero attached hydrogens (tertiary/aromatic N) is 2. The number of fused-ring (bicyclic) bond motifs is 1. The van der Waals surface area contributed by atoms with Gasteiger partial charge in [0.05, 0.1) is 16.6 Å². The molecule has 0 unspecified atom stereocenters. The number of rotatable bonds is 3. The molecule has 6 nitrogen and oxygen atoms in total.